The lowest BCUT2D eigenvalue weighted by molar-refractivity contribution is -0.385. The number of carbonyl (C=O) groups excluding carboxylic acids is 1. The Bertz CT molecular complexity index is 945. The van der Waals surface area contributed by atoms with Gasteiger partial charge in [0.2, 0.25) is 5.91 Å². The highest BCUT2D eigenvalue weighted by Crippen LogP contribution is 2.18. The van der Waals surface area contributed by atoms with Gasteiger partial charge >= 0.3 is 0 Å². The highest BCUT2D eigenvalue weighted by atomic mass is 16.6. The van der Waals surface area contributed by atoms with E-state index in [1.165, 1.54) is 18.2 Å². The second-order valence-electron chi connectivity index (χ2n) is 7.45. The standard InChI is InChI=1S/C21H24N4O5/c1-16-14-20(25(29)30)7-4-18(16)9-10-22-12-13-23(21(26)15-22)11-8-17-2-5-19(6-3-17)24(27)28/h2-7,14H,8-13,15H2,1H3. The molecule has 2 aromatic rings. The molecular weight excluding hydrogens is 388 g/mol. The molecule has 0 atom stereocenters. The molecule has 1 aliphatic heterocycles. The number of aryl methyl sites for hydroxylation is 1. The van der Waals surface area contributed by atoms with E-state index in [4.69, 9.17) is 0 Å². The van der Waals surface area contributed by atoms with Crippen LogP contribution < -0.4 is 0 Å². The molecule has 1 fully saturated rings. The molecule has 0 bridgehead atoms. The van der Waals surface area contributed by atoms with Gasteiger partial charge in [0.25, 0.3) is 11.4 Å². The van der Waals surface area contributed by atoms with Crippen molar-refractivity contribution in [3.63, 3.8) is 0 Å². The van der Waals surface area contributed by atoms with Gasteiger partial charge in [0.05, 0.1) is 16.4 Å². The van der Waals surface area contributed by atoms with E-state index >= 15 is 0 Å². The van der Waals surface area contributed by atoms with Crippen molar-refractivity contribution in [2.24, 2.45) is 0 Å². The van der Waals surface area contributed by atoms with E-state index in [0.717, 1.165) is 36.2 Å². The molecule has 0 unspecified atom stereocenters. The second-order valence-corrected chi connectivity index (χ2v) is 7.45. The first kappa shape index (κ1) is 21.4. The van der Waals surface area contributed by atoms with Crippen LogP contribution in [-0.2, 0) is 17.6 Å². The molecule has 0 spiro atoms. The molecule has 0 aliphatic carbocycles. The van der Waals surface area contributed by atoms with E-state index in [2.05, 4.69) is 4.90 Å². The van der Waals surface area contributed by atoms with Crippen molar-refractivity contribution in [3.05, 3.63) is 79.4 Å². The van der Waals surface area contributed by atoms with Gasteiger partial charge in [0.1, 0.15) is 0 Å². The summed E-state index contributed by atoms with van der Waals surface area (Å²) in [5, 5.41) is 21.6. The lowest BCUT2D eigenvalue weighted by Crippen LogP contribution is -2.51. The SMILES string of the molecule is Cc1cc([N+](=O)[O-])ccc1CCN1CCN(CCc2ccc([N+](=O)[O-])cc2)C(=O)C1. The van der Waals surface area contributed by atoms with Gasteiger partial charge in [-0.1, -0.05) is 18.2 Å². The smallest absolute Gasteiger partial charge is 0.269 e. The van der Waals surface area contributed by atoms with Crippen molar-refractivity contribution in [2.75, 3.05) is 32.7 Å². The van der Waals surface area contributed by atoms with Crippen LogP contribution in [0.1, 0.15) is 16.7 Å². The summed E-state index contributed by atoms with van der Waals surface area (Å²) >= 11 is 0. The maximum absolute atomic E-state index is 12.5. The molecule has 1 heterocycles. The quantitative estimate of drug-likeness (QED) is 0.487. The Morgan fingerprint density at radius 3 is 2.17 bits per heavy atom. The topological polar surface area (TPSA) is 110 Å². The Kier molecular flexibility index (Phi) is 6.73. The summed E-state index contributed by atoms with van der Waals surface area (Å²) in [4.78, 5) is 37.2. The number of amides is 1. The number of rotatable bonds is 8. The first-order valence-corrected chi connectivity index (χ1v) is 9.81. The third-order valence-corrected chi connectivity index (χ3v) is 5.45. The van der Waals surface area contributed by atoms with Crippen molar-refractivity contribution in [1.82, 2.24) is 9.80 Å². The Morgan fingerprint density at radius 1 is 0.900 bits per heavy atom. The van der Waals surface area contributed by atoms with E-state index in [-0.39, 0.29) is 17.3 Å². The van der Waals surface area contributed by atoms with E-state index in [1.54, 1.807) is 24.3 Å². The summed E-state index contributed by atoms with van der Waals surface area (Å²) in [6.45, 7) is 4.95. The number of hydrogen-bond donors (Lipinski definition) is 0. The Morgan fingerprint density at radius 2 is 1.57 bits per heavy atom. The second kappa shape index (κ2) is 9.45. The fourth-order valence-electron chi connectivity index (χ4n) is 3.59. The van der Waals surface area contributed by atoms with Gasteiger partial charge in [-0.15, -0.1) is 0 Å². The average molecular weight is 412 g/mol. The Labute approximate surface area is 174 Å². The molecule has 0 saturated carbocycles. The van der Waals surface area contributed by atoms with Crippen LogP contribution in [-0.4, -0.2) is 58.3 Å². The predicted molar refractivity (Wildman–Crippen MR) is 111 cm³/mol. The summed E-state index contributed by atoms with van der Waals surface area (Å²) in [5.74, 6) is 0.0728. The van der Waals surface area contributed by atoms with E-state index in [0.29, 0.717) is 26.1 Å². The van der Waals surface area contributed by atoms with Gasteiger partial charge in [-0.05, 0) is 36.5 Å². The lowest BCUT2D eigenvalue weighted by Gasteiger charge is -2.34. The molecule has 0 radical (unpaired) electrons. The van der Waals surface area contributed by atoms with Crippen LogP contribution >= 0.6 is 0 Å². The summed E-state index contributed by atoms with van der Waals surface area (Å²) in [7, 11) is 0. The molecule has 1 aliphatic rings. The van der Waals surface area contributed by atoms with E-state index in [9.17, 15) is 25.0 Å². The third kappa shape index (κ3) is 5.38. The van der Waals surface area contributed by atoms with Gasteiger partial charge in [-0.2, -0.15) is 0 Å². The number of carbonyl (C=O) groups is 1. The first-order chi connectivity index (χ1) is 14.3. The number of nitrogens with zero attached hydrogens (tertiary/aromatic N) is 4. The zero-order valence-electron chi connectivity index (χ0n) is 16.8. The minimum atomic E-state index is -0.426. The van der Waals surface area contributed by atoms with E-state index in [1.807, 2.05) is 11.8 Å². The van der Waals surface area contributed by atoms with Gasteiger partial charge in [-0.3, -0.25) is 29.9 Å². The Hall–Kier alpha value is -3.33. The molecule has 9 nitrogen and oxygen atoms in total. The van der Waals surface area contributed by atoms with Gasteiger partial charge in [0, 0.05) is 50.4 Å². The zero-order valence-corrected chi connectivity index (χ0v) is 16.8. The molecule has 0 aromatic heterocycles. The molecule has 1 amide bonds. The summed E-state index contributed by atoms with van der Waals surface area (Å²) in [6, 6.07) is 11.3. The largest absolute Gasteiger partial charge is 0.340 e. The van der Waals surface area contributed by atoms with Crippen LogP contribution in [0.15, 0.2) is 42.5 Å². The van der Waals surface area contributed by atoms with Crippen molar-refractivity contribution in [2.45, 2.75) is 19.8 Å². The van der Waals surface area contributed by atoms with Crippen molar-refractivity contribution in [1.29, 1.82) is 0 Å². The van der Waals surface area contributed by atoms with Crippen molar-refractivity contribution < 1.29 is 14.6 Å². The monoisotopic (exact) mass is 412 g/mol. The Balaban J connectivity index is 1.46. The minimum Gasteiger partial charge on any atom is -0.340 e. The van der Waals surface area contributed by atoms with E-state index < -0.39 is 9.85 Å². The van der Waals surface area contributed by atoms with Crippen molar-refractivity contribution >= 4 is 17.3 Å². The molecule has 3 rings (SSSR count). The van der Waals surface area contributed by atoms with Crippen LogP contribution in [0.4, 0.5) is 11.4 Å². The molecular formula is C21H24N4O5. The molecule has 1 saturated heterocycles. The fraction of sp³-hybridized carbons (Fsp3) is 0.381. The minimum absolute atomic E-state index is 0.0618. The molecule has 158 valence electrons. The molecule has 2 aromatic carbocycles. The van der Waals surface area contributed by atoms with Crippen LogP contribution in [0.5, 0.6) is 0 Å². The number of non-ortho nitro benzene ring substituents is 2. The zero-order chi connectivity index (χ0) is 21.7. The molecule has 9 heteroatoms. The number of nitro benzene ring substituents is 2. The van der Waals surface area contributed by atoms with Gasteiger partial charge < -0.3 is 4.90 Å². The normalized spacial score (nSPS) is 14.7. The summed E-state index contributed by atoms with van der Waals surface area (Å²) < 4.78 is 0. The lowest BCUT2D eigenvalue weighted by atomic mass is 10.0. The first-order valence-electron chi connectivity index (χ1n) is 9.81. The number of piperazine rings is 1. The maximum atomic E-state index is 12.5. The summed E-state index contributed by atoms with van der Waals surface area (Å²) in [6.07, 6.45) is 1.39. The molecule has 30 heavy (non-hydrogen) atoms. The van der Waals surface area contributed by atoms with Crippen LogP contribution in [0.25, 0.3) is 0 Å². The predicted octanol–water partition coefficient (Wildman–Crippen LogP) is 2.74. The third-order valence-electron chi connectivity index (χ3n) is 5.45. The van der Waals surface area contributed by atoms with Crippen LogP contribution in [0, 0.1) is 27.2 Å². The highest BCUT2D eigenvalue weighted by Gasteiger charge is 2.23. The van der Waals surface area contributed by atoms with Crippen molar-refractivity contribution in [3.8, 4) is 0 Å². The number of nitro groups is 2. The maximum Gasteiger partial charge on any atom is 0.269 e. The van der Waals surface area contributed by atoms with Crippen LogP contribution in [0.3, 0.4) is 0 Å². The number of benzene rings is 2. The summed E-state index contributed by atoms with van der Waals surface area (Å²) in [5.41, 5.74) is 3.05. The average Bonchev–Trinajstić information content (AvgIpc) is 2.72. The molecule has 0 N–H and O–H groups in total. The van der Waals surface area contributed by atoms with Gasteiger partial charge in [0.15, 0.2) is 0 Å². The van der Waals surface area contributed by atoms with Gasteiger partial charge in [-0.25, -0.2) is 0 Å². The highest BCUT2D eigenvalue weighted by molar-refractivity contribution is 5.79. The number of hydrogen-bond acceptors (Lipinski definition) is 6. The fourth-order valence-corrected chi connectivity index (χ4v) is 3.59. The van der Waals surface area contributed by atoms with Crippen LogP contribution in [0.2, 0.25) is 0 Å².